The van der Waals surface area contributed by atoms with Crippen LogP contribution in [0.25, 0.3) is 0 Å². The maximum absolute atomic E-state index is 12.9. The predicted molar refractivity (Wildman–Crippen MR) is 66.3 cm³/mol. The molecule has 1 atom stereocenters. The highest BCUT2D eigenvalue weighted by molar-refractivity contribution is 6.30. The molecule has 19 heavy (non-hydrogen) atoms. The van der Waals surface area contributed by atoms with Crippen LogP contribution in [0.15, 0.2) is 29.4 Å². The maximum Gasteiger partial charge on any atom is 0.287 e. The molecule has 0 aromatic heterocycles. The van der Waals surface area contributed by atoms with Crippen LogP contribution in [0.5, 0.6) is 0 Å². The van der Waals surface area contributed by atoms with Gasteiger partial charge in [0.2, 0.25) is 5.72 Å². The van der Waals surface area contributed by atoms with Gasteiger partial charge in [0, 0.05) is 22.7 Å². The second kappa shape index (κ2) is 4.86. The van der Waals surface area contributed by atoms with Gasteiger partial charge in [-0.15, -0.1) is 0 Å². The molecule has 0 saturated carbocycles. The molecule has 1 N–H and O–H groups in total. The van der Waals surface area contributed by atoms with Gasteiger partial charge in [0.15, 0.2) is 0 Å². The van der Waals surface area contributed by atoms with E-state index in [0.29, 0.717) is 10.0 Å². The van der Waals surface area contributed by atoms with Gasteiger partial charge in [0.05, 0.1) is 0 Å². The molecule has 0 unspecified atom stereocenters. The van der Waals surface area contributed by atoms with E-state index in [9.17, 15) is 18.7 Å². The molecule has 1 aromatic rings. The lowest BCUT2D eigenvalue weighted by molar-refractivity contribution is -0.164. The number of hydrazone groups is 1. The summed E-state index contributed by atoms with van der Waals surface area (Å²) in [6.45, 7) is 1.47. The Hall–Kier alpha value is -1.53. The number of hydrogen-bond donors (Lipinski definition) is 1. The van der Waals surface area contributed by atoms with Gasteiger partial charge in [-0.3, -0.25) is 4.79 Å². The number of amides is 1. The number of carbonyl (C=O) groups excluding carboxylic acids is 1. The van der Waals surface area contributed by atoms with Gasteiger partial charge in [-0.25, -0.2) is 8.78 Å². The molecule has 0 fully saturated rings. The fourth-order valence-corrected chi connectivity index (χ4v) is 1.98. The number of nitrogens with zero attached hydrogens (tertiary/aromatic N) is 2. The summed E-state index contributed by atoms with van der Waals surface area (Å²) < 4.78 is 25.9. The summed E-state index contributed by atoms with van der Waals surface area (Å²) in [7, 11) is 0. The average Bonchev–Trinajstić information content (AvgIpc) is 2.66. The first-order chi connectivity index (χ1) is 8.84. The van der Waals surface area contributed by atoms with Crippen LogP contribution in [-0.2, 0) is 0 Å². The van der Waals surface area contributed by atoms with Crippen LogP contribution in [0, 0.1) is 0 Å². The summed E-state index contributed by atoms with van der Waals surface area (Å²) in [4.78, 5) is 12.1. The third-order valence-electron chi connectivity index (χ3n) is 2.79. The van der Waals surface area contributed by atoms with Crippen molar-refractivity contribution in [2.24, 2.45) is 5.10 Å². The third-order valence-corrected chi connectivity index (χ3v) is 3.04. The molecule has 1 amide bonds. The zero-order valence-corrected chi connectivity index (χ0v) is 10.7. The first-order valence-electron chi connectivity index (χ1n) is 5.49. The van der Waals surface area contributed by atoms with E-state index >= 15 is 0 Å². The molecule has 0 spiro atoms. The van der Waals surface area contributed by atoms with Crippen molar-refractivity contribution in [3.05, 3.63) is 34.9 Å². The Morgan fingerprint density at radius 2 is 2.05 bits per heavy atom. The molecular weight excluding hydrogens is 278 g/mol. The lowest BCUT2D eigenvalue weighted by atomic mass is 10.1. The Balaban J connectivity index is 2.34. The van der Waals surface area contributed by atoms with E-state index in [1.54, 1.807) is 0 Å². The second-order valence-corrected chi connectivity index (χ2v) is 4.75. The SMILES string of the molecule is CC1=NN(C(=O)c2ccc(Cl)cc2)[C@@](O)(C(F)F)C1. The smallest absolute Gasteiger partial charge is 0.287 e. The summed E-state index contributed by atoms with van der Waals surface area (Å²) in [6, 6.07) is 5.70. The standard InChI is InChI=1S/C12H11ClF2N2O2/c1-7-6-12(19,11(14)15)17(16-7)10(18)8-2-4-9(13)5-3-8/h2-5,11,19H,6H2,1H3/t12-/m0/s1. The highest BCUT2D eigenvalue weighted by Crippen LogP contribution is 2.32. The minimum atomic E-state index is -3.11. The number of hydrogen-bond acceptors (Lipinski definition) is 3. The van der Waals surface area contributed by atoms with Gasteiger partial charge in [-0.05, 0) is 31.2 Å². The molecule has 0 radical (unpaired) electrons. The largest absolute Gasteiger partial charge is 0.364 e. The van der Waals surface area contributed by atoms with Crippen molar-refractivity contribution >= 4 is 23.2 Å². The van der Waals surface area contributed by atoms with E-state index < -0.39 is 18.1 Å². The lowest BCUT2D eigenvalue weighted by Gasteiger charge is -2.30. The first-order valence-corrected chi connectivity index (χ1v) is 5.87. The molecular formula is C12H11ClF2N2O2. The van der Waals surface area contributed by atoms with Crippen LogP contribution in [0.2, 0.25) is 5.02 Å². The first kappa shape index (κ1) is 13.9. The zero-order valence-electron chi connectivity index (χ0n) is 9.98. The fraction of sp³-hybridized carbons (Fsp3) is 0.333. The molecule has 1 aromatic carbocycles. The summed E-state index contributed by atoms with van der Waals surface area (Å²) in [6.07, 6.45) is -3.48. The van der Waals surface area contributed by atoms with Crippen molar-refractivity contribution in [3.63, 3.8) is 0 Å². The Morgan fingerprint density at radius 1 is 1.47 bits per heavy atom. The van der Waals surface area contributed by atoms with E-state index in [4.69, 9.17) is 11.6 Å². The maximum atomic E-state index is 12.9. The van der Waals surface area contributed by atoms with Crippen molar-refractivity contribution in [1.82, 2.24) is 5.01 Å². The van der Waals surface area contributed by atoms with Crippen LogP contribution in [0.3, 0.4) is 0 Å². The predicted octanol–water partition coefficient (Wildman–Crippen LogP) is 2.52. The van der Waals surface area contributed by atoms with Gasteiger partial charge >= 0.3 is 0 Å². The van der Waals surface area contributed by atoms with E-state index in [2.05, 4.69) is 5.10 Å². The molecule has 0 bridgehead atoms. The number of benzene rings is 1. The van der Waals surface area contributed by atoms with Crippen molar-refractivity contribution in [2.75, 3.05) is 0 Å². The number of carbonyl (C=O) groups is 1. The van der Waals surface area contributed by atoms with Gasteiger partial charge in [-0.2, -0.15) is 10.1 Å². The van der Waals surface area contributed by atoms with E-state index in [-0.39, 0.29) is 17.7 Å². The summed E-state index contributed by atoms with van der Waals surface area (Å²) in [5, 5.41) is 14.5. The highest BCUT2D eigenvalue weighted by atomic mass is 35.5. The molecule has 0 saturated heterocycles. The minimum absolute atomic E-state index is 0.127. The summed E-state index contributed by atoms with van der Waals surface area (Å²) in [5.41, 5.74) is -2.19. The van der Waals surface area contributed by atoms with Crippen molar-refractivity contribution < 1.29 is 18.7 Å². The molecule has 102 valence electrons. The Bertz CT molecular complexity index is 533. The number of rotatable bonds is 2. The monoisotopic (exact) mass is 288 g/mol. The average molecular weight is 289 g/mol. The lowest BCUT2D eigenvalue weighted by Crippen LogP contribution is -2.51. The van der Waals surface area contributed by atoms with Crippen LogP contribution in [0.1, 0.15) is 23.7 Å². The van der Waals surface area contributed by atoms with Crippen molar-refractivity contribution in [2.45, 2.75) is 25.5 Å². The van der Waals surface area contributed by atoms with Crippen LogP contribution in [0.4, 0.5) is 8.78 Å². The second-order valence-electron chi connectivity index (χ2n) is 4.32. The van der Waals surface area contributed by atoms with E-state index in [1.165, 1.54) is 31.2 Å². The Kier molecular flexibility index (Phi) is 3.56. The van der Waals surface area contributed by atoms with Gasteiger partial charge in [0.25, 0.3) is 12.3 Å². The third kappa shape index (κ3) is 2.46. The molecule has 2 rings (SSSR count). The number of halogens is 3. The van der Waals surface area contributed by atoms with Gasteiger partial charge in [0.1, 0.15) is 0 Å². The molecule has 0 aliphatic carbocycles. The Labute approximate surface area is 113 Å². The highest BCUT2D eigenvalue weighted by Gasteiger charge is 2.51. The normalized spacial score (nSPS) is 22.8. The minimum Gasteiger partial charge on any atom is -0.364 e. The van der Waals surface area contributed by atoms with Crippen LogP contribution >= 0.6 is 11.6 Å². The fourth-order valence-electron chi connectivity index (χ4n) is 1.85. The molecule has 4 nitrogen and oxygen atoms in total. The number of aliphatic hydroxyl groups is 1. The topological polar surface area (TPSA) is 52.9 Å². The summed E-state index contributed by atoms with van der Waals surface area (Å²) >= 11 is 5.68. The molecule has 1 heterocycles. The van der Waals surface area contributed by atoms with E-state index in [0.717, 1.165) is 0 Å². The van der Waals surface area contributed by atoms with Crippen LogP contribution in [-0.4, -0.2) is 33.9 Å². The number of alkyl halides is 2. The zero-order chi connectivity index (χ0) is 14.2. The summed E-state index contributed by atoms with van der Waals surface area (Å²) in [5.74, 6) is -0.795. The van der Waals surface area contributed by atoms with Crippen molar-refractivity contribution in [1.29, 1.82) is 0 Å². The van der Waals surface area contributed by atoms with E-state index in [1.807, 2.05) is 0 Å². The van der Waals surface area contributed by atoms with Crippen molar-refractivity contribution in [3.8, 4) is 0 Å². The molecule has 7 heteroatoms. The van der Waals surface area contributed by atoms with Gasteiger partial charge < -0.3 is 5.11 Å². The quantitative estimate of drug-likeness (QED) is 0.909. The molecule has 1 aliphatic heterocycles. The Morgan fingerprint density at radius 3 is 2.58 bits per heavy atom. The molecule has 1 aliphatic rings. The van der Waals surface area contributed by atoms with Crippen LogP contribution < -0.4 is 0 Å². The van der Waals surface area contributed by atoms with Gasteiger partial charge in [-0.1, -0.05) is 11.6 Å².